The lowest BCUT2D eigenvalue weighted by Gasteiger charge is -2.34. The molecule has 1 aromatic heterocycles. The van der Waals surface area contributed by atoms with Crippen LogP contribution in [0, 0.1) is 0 Å². The summed E-state index contributed by atoms with van der Waals surface area (Å²) in [5.41, 5.74) is 3.14. The maximum Gasteiger partial charge on any atom is 0.228 e. The Hall–Kier alpha value is -2.12. The highest BCUT2D eigenvalue weighted by atomic mass is 32.2. The molecular weight excluding hydrogens is 334 g/mol. The Morgan fingerprint density at radius 2 is 1.88 bits per heavy atom. The third-order valence-electron chi connectivity index (χ3n) is 4.57. The minimum absolute atomic E-state index is 0.237. The van der Waals surface area contributed by atoms with E-state index in [-0.39, 0.29) is 5.78 Å². The molecule has 2 aliphatic rings. The Balaban J connectivity index is 1.44. The van der Waals surface area contributed by atoms with Crippen LogP contribution in [0.2, 0.25) is 0 Å². The molecule has 4 rings (SSSR count). The zero-order chi connectivity index (χ0) is 17.2. The second-order valence-electron chi connectivity index (χ2n) is 6.49. The largest absolute Gasteiger partial charge is 0.369 e. The number of piperazine rings is 1. The van der Waals surface area contributed by atoms with E-state index < -0.39 is 0 Å². The van der Waals surface area contributed by atoms with Crippen LogP contribution in [0.3, 0.4) is 0 Å². The fraction of sp³-hybridized carbons (Fsp3) is 0.389. The lowest BCUT2D eigenvalue weighted by molar-refractivity contribution is -0.116. The molecule has 1 N–H and O–H groups in total. The average molecular weight is 355 g/mol. The van der Waals surface area contributed by atoms with Crippen molar-refractivity contribution in [1.29, 1.82) is 0 Å². The van der Waals surface area contributed by atoms with Gasteiger partial charge in [0.05, 0.1) is 5.75 Å². The first-order valence-electron chi connectivity index (χ1n) is 8.48. The third-order valence-corrected chi connectivity index (χ3v) is 5.67. The predicted octanol–water partition coefficient (Wildman–Crippen LogP) is 2.19. The molecular formula is C18H21N5OS. The maximum atomic E-state index is 11.5. The molecule has 25 heavy (non-hydrogen) atoms. The molecule has 0 spiro atoms. The molecule has 0 atom stereocenters. The molecule has 7 heteroatoms. The molecule has 0 radical (unpaired) electrons. The van der Waals surface area contributed by atoms with E-state index in [0.717, 1.165) is 42.5 Å². The highest BCUT2D eigenvalue weighted by molar-refractivity contribution is 8.00. The van der Waals surface area contributed by atoms with Crippen LogP contribution in [-0.2, 0) is 11.2 Å². The zero-order valence-corrected chi connectivity index (χ0v) is 15.1. The van der Waals surface area contributed by atoms with Gasteiger partial charge in [-0.25, -0.2) is 9.97 Å². The number of likely N-dealkylation sites (N-methyl/N-ethyl adjacent to an activating group) is 1. The number of ketones is 1. The van der Waals surface area contributed by atoms with Gasteiger partial charge in [-0.3, -0.25) is 4.79 Å². The van der Waals surface area contributed by atoms with Crippen LogP contribution in [-0.4, -0.2) is 59.6 Å². The summed E-state index contributed by atoms with van der Waals surface area (Å²) in [6, 6.07) is 8.40. The first kappa shape index (κ1) is 16.4. The van der Waals surface area contributed by atoms with Gasteiger partial charge in [-0.1, -0.05) is 11.8 Å². The average Bonchev–Trinajstić information content (AvgIpc) is 2.63. The number of hydrogen-bond donors (Lipinski definition) is 1. The van der Waals surface area contributed by atoms with E-state index in [1.165, 1.54) is 17.4 Å². The van der Waals surface area contributed by atoms with Crippen molar-refractivity contribution in [3.63, 3.8) is 0 Å². The minimum Gasteiger partial charge on any atom is -0.369 e. The van der Waals surface area contributed by atoms with Crippen molar-refractivity contribution in [1.82, 2.24) is 14.9 Å². The number of Topliss-reactive ketones (excluding diaryl/α,β-unsaturated/α-hetero) is 1. The Morgan fingerprint density at radius 1 is 1.12 bits per heavy atom. The van der Waals surface area contributed by atoms with E-state index in [2.05, 4.69) is 56.4 Å². The quantitative estimate of drug-likeness (QED) is 0.847. The summed E-state index contributed by atoms with van der Waals surface area (Å²) in [5, 5.41) is 4.16. The summed E-state index contributed by atoms with van der Waals surface area (Å²) < 4.78 is 0. The van der Waals surface area contributed by atoms with Crippen molar-refractivity contribution < 1.29 is 4.79 Å². The number of anilines is 3. The van der Waals surface area contributed by atoms with Crippen LogP contribution in [0.5, 0.6) is 0 Å². The Morgan fingerprint density at radius 3 is 2.64 bits per heavy atom. The van der Waals surface area contributed by atoms with E-state index in [1.54, 1.807) is 6.20 Å². The fourth-order valence-corrected chi connectivity index (χ4v) is 3.92. The molecule has 130 valence electrons. The van der Waals surface area contributed by atoms with Crippen LogP contribution in [0.1, 0.15) is 5.56 Å². The second-order valence-corrected chi connectivity index (χ2v) is 7.45. The molecule has 0 saturated carbocycles. The number of thioether (sulfide) groups is 1. The van der Waals surface area contributed by atoms with Crippen LogP contribution in [0.15, 0.2) is 35.5 Å². The Bertz CT molecular complexity index is 772. The van der Waals surface area contributed by atoms with Gasteiger partial charge in [0.25, 0.3) is 0 Å². The molecule has 0 amide bonds. The number of nitrogens with zero attached hydrogens (tertiary/aromatic N) is 4. The monoisotopic (exact) mass is 355 g/mol. The molecule has 2 aliphatic heterocycles. The van der Waals surface area contributed by atoms with Crippen molar-refractivity contribution in [3.8, 4) is 0 Å². The molecule has 3 heterocycles. The summed E-state index contributed by atoms with van der Waals surface area (Å²) >= 11 is 1.49. The summed E-state index contributed by atoms with van der Waals surface area (Å²) in [6.07, 6.45) is 2.20. The lowest BCUT2D eigenvalue weighted by atomic mass is 10.2. The Labute approximate surface area is 151 Å². The molecule has 1 saturated heterocycles. The van der Waals surface area contributed by atoms with Gasteiger partial charge < -0.3 is 15.1 Å². The maximum absolute atomic E-state index is 11.5. The van der Waals surface area contributed by atoms with Gasteiger partial charge in [-0.15, -0.1) is 0 Å². The molecule has 1 fully saturated rings. The lowest BCUT2D eigenvalue weighted by Crippen LogP contribution is -2.44. The number of nitrogens with one attached hydrogen (secondary N) is 1. The van der Waals surface area contributed by atoms with E-state index in [0.29, 0.717) is 18.1 Å². The highest BCUT2D eigenvalue weighted by Gasteiger charge is 2.18. The molecule has 6 nitrogen and oxygen atoms in total. The zero-order valence-electron chi connectivity index (χ0n) is 14.2. The number of fused-ring (bicyclic) bond motifs is 1. The minimum atomic E-state index is 0.237. The van der Waals surface area contributed by atoms with Crippen molar-refractivity contribution in [2.45, 2.75) is 11.4 Å². The summed E-state index contributed by atoms with van der Waals surface area (Å²) in [5.74, 6) is 1.32. The van der Waals surface area contributed by atoms with Crippen LogP contribution < -0.4 is 10.2 Å². The summed E-state index contributed by atoms with van der Waals surface area (Å²) in [7, 11) is 2.16. The van der Waals surface area contributed by atoms with E-state index in [9.17, 15) is 4.79 Å². The normalized spacial score (nSPS) is 18.1. The predicted molar refractivity (Wildman–Crippen MR) is 101 cm³/mol. The van der Waals surface area contributed by atoms with Crippen molar-refractivity contribution in [3.05, 3.63) is 36.0 Å². The van der Waals surface area contributed by atoms with Crippen LogP contribution in [0.25, 0.3) is 0 Å². The van der Waals surface area contributed by atoms with Crippen molar-refractivity contribution in [2.24, 2.45) is 0 Å². The van der Waals surface area contributed by atoms with Gasteiger partial charge in [0.2, 0.25) is 5.95 Å². The van der Waals surface area contributed by atoms with Crippen molar-refractivity contribution in [2.75, 3.05) is 49.2 Å². The van der Waals surface area contributed by atoms with Gasteiger partial charge in [0.1, 0.15) is 10.8 Å². The van der Waals surface area contributed by atoms with Gasteiger partial charge in [0.15, 0.2) is 0 Å². The van der Waals surface area contributed by atoms with Gasteiger partial charge in [-0.2, -0.15) is 0 Å². The first-order chi connectivity index (χ1) is 12.2. The number of rotatable bonds is 3. The number of carbonyl (C=O) groups is 1. The molecule has 2 aromatic rings. The van der Waals surface area contributed by atoms with Crippen LogP contribution in [0.4, 0.5) is 17.3 Å². The van der Waals surface area contributed by atoms with E-state index in [4.69, 9.17) is 0 Å². The van der Waals surface area contributed by atoms with Gasteiger partial charge in [-0.05, 0) is 31.3 Å². The molecule has 0 aliphatic carbocycles. The smallest absolute Gasteiger partial charge is 0.228 e. The second kappa shape index (κ2) is 7.01. The van der Waals surface area contributed by atoms with Crippen LogP contribution >= 0.6 is 11.8 Å². The Kier molecular flexibility index (Phi) is 4.59. The highest BCUT2D eigenvalue weighted by Crippen LogP contribution is 2.28. The number of benzene rings is 1. The SMILES string of the molecule is CN1CCN(c2ccc(Nc3ncc4c(n3)SCC(=O)C4)cc2)CC1. The summed E-state index contributed by atoms with van der Waals surface area (Å²) in [4.78, 5) is 25.1. The fourth-order valence-electron chi connectivity index (χ4n) is 3.06. The number of aromatic nitrogens is 2. The molecule has 0 bridgehead atoms. The number of hydrogen-bond acceptors (Lipinski definition) is 7. The molecule has 0 unspecified atom stereocenters. The van der Waals surface area contributed by atoms with E-state index in [1.807, 2.05) is 0 Å². The molecule has 1 aromatic carbocycles. The standard InChI is InChI=1S/C18H21N5OS/c1-22-6-8-23(9-7-22)15-4-2-14(3-5-15)20-18-19-11-13-10-16(24)12-25-17(13)21-18/h2-5,11H,6-10,12H2,1H3,(H,19,20,21). The topological polar surface area (TPSA) is 61.4 Å². The third kappa shape index (κ3) is 3.77. The van der Waals surface area contributed by atoms with E-state index >= 15 is 0 Å². The number of carbonyl (C=O) groups excluding carboxylic acids is 1. The van der Waals surface area contributed by atoms with Crippen molar-refractivity contribution >= 4 is 34.9 Å². The van der Waals surface area contributed by atoms with Gasteiger partial charge >= 0.3 is 0 Å². The first-order valence-corrected chi connectivity index (χ1v) is 9.47. The van der Waals surface area contributed by atoms with Gasteiger partial charge in [0, 0.05) is 55.7 Å². The summed E-state index contributed by atoms with van der Waals surface area (Å²) in [6.45, 7) is 4.33.